The molecule has 2 rings (SSSR count). The van der Waals surface area contributed by atoms with Crippen LogP contribution in [0.5, 0.6) is 0 Å². The van der Waals surface area contributed by atoms with Gasteiger partial charge in [0, 0.05) is 12.3 Å². The summed E-state index contributed by atoms with van der Waals surface area (Å²) in [7, 11) is 0. The maximum atomic E-state index is 10.5. The fourth-order valence-corrected chi connectivity index (χ4v) is 1.85. The van der Waals surface area contributed by atoms with E-state index in [0.717, 1.165) is 30.7 Å². The van der Waals surface area contributed by atoms with E-state index in [1.807, 2.05) is 0 Å². The van der Waals surface area contributed by atoms with Gasteiger partial charge in [0.05, 0.1) is 12.1 Å². The summed E-state index contributed by atoms with van der Waals surface area (Å²) >= 11 is 0. The van der Waals surface area contributed by atoms with E-state index in [-0.39, 0.29) is 12.3 Å². The summed E-state index contributed by atoms with van der Waals surface area (Å²) in [5, 5.41) is 8.67. The average Bonchev–Trinajstić information content (AvgIpc) is 2.51. The zero-order valence-electron chi connectivity index (χ0n) is 7.19. The molecule has 4 heteroatoms. The maximum Gasteiger partial charge on any atom is 0.304 e. The Kier molecular flexibility index (Phi) is 2.04. The maximum absolute atomic E-state index is 10.5. The van der Waals surface area contributed by atoms with Crippen LogP contribution < -0.4 is 0 Å². The molecule has 1 heterocycles. The lowest BCUT2D eigenvalue weighted by atomic mass is 9.88. The van der Waals surface area contributed by atoms with Gasteiger partial charge in [0.25, 0.3) is 0 Å². The number of carbonyl (C=O) groups is 1. The van der Waals surface area contributed by atoms with Crippen LogP contribution in [0.2, 0.25) is 0 Å². The second-order valence-electron chi connectivity index (χ2n) is 3.35. The molecule has 0 saturated heterocycles. The lowest BCUT2D eigenvalue weighted by molar-refractivity contribution is -0.137. The Labute approximate surface area is 75.6 Å². The summed E-state index contributed by atoms with van der Waals surface area (Å²) in [6.45, 7) is 0. The highest BCUT2D eigenvalue weighted by Crippen LogP contribution is 2.32. The molecule has 0 spiro atoms. The Bertz CT molecular complexity index is 318. The van der Waals surface area contributed by atoms with E-state index in [1.54, 1.807) is 0 Å². The minimum atomic E-state index is -0.763. The van der Waals surface area contributed by atoms with Gasteiger partial charge in [-0.1, -0.05) is 0 Å². The molecule has 0 radical (unpaired) electrons. The monoisotopic (exact) mass is 181 g/mol. The quantitative estimate of drug-likeness (QED) is 0.752. The first-order chi connectivity index (χ1) is 6.27. The van der Waals surface area contributed by atoms with Gasteiger partial charge in [-0.25, -0.2) is 4.98 Å². The predicted molar refractivity (Wildman–Crippen MR) is 44.4 cm³/mol. The molecule has 1 aromatic rings. The summed E-state index contributed by atoms with van der Waals surface area (Å²) in [5.74, 6) is 0.165. The SMILES string of the molecule is O=C(O)CC1CCCc2ocnc21. The number of carboxylic acids is 1. The molecule has 0 bridgehead atoms. The summed E-state index contributed by atoms with van der Waals surface area (Å²) in [6.07, 6.45) is 4.38. The number of hydrogen-bond donors (Lipinski definition) is 1. The lowest BCUT2D eigenvalue weighted by Gasteiger charge is -2.17. The van der Waals surface area contributed by atoms with Crippen molar-refractivity contribution < 1.29 is 14.3 Å². The van der Waals surface area contributed by atoms with E-state index >= 15 is 0 Å². The van der Waals surface area contributed by atoms with Gasteiger partial charge in [-0.15, -0.1) is 0 Å². The zero-order chi connectivity index (χ0) is 9.26. The molecule has 1 atom stereocenters. The Morgan fingerprint density at radius 2 is 2.62 bits per heavy atom. The van der Waals surface area contributed by atoms with Crippen molar-refractivity contribution in [1.82, 2.24) is 4.98 Å². The summed E-state index contributed by atoms with van der Waals surface area (Å²) in [4.78, 5) is 14.6. The standard InChI is InChI=1S/C9H11NO3/c11-8(12)4-6-2-1-3-7-9(6)10-5-13-7/h5-6H,1-4H2,(H,11,12). The average molecular weight is 181 g/mol. The molecule has 1 aliphatic carbocycles. The molecular weight excluding hydrogens is 170 g/mol. The van der Waals surface area contributed by atoms with Crippen molar-refractivity contribution in [2.24, 2.45) is 0 Å². The minimum absolute atomic E-state index is 0.0556. The Morgan fingerprint density at radius 1 is 1.77 bits per heavy atom. The number of nitrogens with zero attached hydrogens (tertiary/aromatic N) is 1. The Morgan fingerprint density at radius 3 is 3.38 bits per heavy atom. The molecule has 13 heavy (non-hydrogen) atoms. The first-order valence-electron chi connectivity index (χ1n) is 4.41. The summed E-state index contributed by atoms with van der Waals surface area (Å²) in [5.41, 5.74) is 0.855. The van der Waals surface area contributed by atoms with Crippen LogP contribution in [0.25, 0.3) is 0 Å². The number of oxazole rings is 1. The van der Waals surface area contributed by atoms with Crippen molar-refractivity contribution in [3.63, 3.8) is 0 Å². The third kappa shape index (κ3) is 1.56. The van der Waals surface area contributed by atoms with Gasteiger partial charge in [-0.05, 0) is 12.8 Å². The van der Waals surface area contributed by atoms with Crippen LogP contribution in [0.15, 0.2) is 10.8 Å². The van der Waals surface area contributed by atoms with Crippen LogP contribution in [-0.4, -0.2) is 16.1 Å². The fraction of sp³-hybridized carbons (Fsp3) is 0.556. The molecule has 1 aliphatic rings. The molecule has 1 N–H and O–H groups in total. The summed E-state index contributed by atoms with van der Waals surface area (Å²) in [6, 6.07) is 0. The minimum Gasteiger partial charge on any atom is -0.481 e. The number of fused-ring (bicyclic) bond motifs is 1. The van der Waals surface area contributed by atoms with E-state index in [1.165, 1.54) is 6.39 Å². The van der Waals surface area contributed by atoms with Crippen molar-refractivity contribution in [3.05, 3.63) is 17.8 Å². The topological polar surface area (TPSA) is 63.3 Å². The zero-order valence-corrected chi connectivity index (χ0v) is 7.19. The van der Waals surface area contributed by atoms with E-state index in [4.69, 9.17) is 9.52 Å². The smallest absolute Gasteiger partial charge is 0.304 e. The van der Waals surface area contributed by atoms with Crippen LogP contribution >= 0.6 is 0 Å². The van der Waals surface area contributed by atoms with Gasteiger partial charge in [0.15, 0.2) is 6.39 Å². The van der Waals surface area contributed by atoms with E-state index in [2.05, 4.69) is 4.98 Å². The second kappa shape index (κ2) is 3.20. The molecule has 0 aromatic carbocycles. The fourth-order valence-electron chi connectivity index (χ4n) is 1.85. The second-order valence-corrected chi connectivity index (χ2v) is 3.35. The lowest BCUT2D eigenvalue weighted by Crippen LogP contribution is -2.12. The third-order valence-corrected chi connectivity index (χ3v) is 2.44. The highest BCUT2D eigenvalue weighted by atomic mass is 16.4. The van der Waals surface area contributed by atoms with Gasteiger partial charge in [-0.3, -0.25) is 4.79 Å². The summed E-state index contributed by atoms with van der Waals surface area (Å²) < 4.78 is 5.16. The number of rotatable bonds is 2. The molecule has 0 amide bonds. The van der Waals surface area contributed by atoms with Crippen LogP contribution in [0.1, 0.15) is 36.6 Å². The number of aryl methyl sites for hydroxylation is 1. The first kappa shape index (κ1) is 8.29. The molecule has 0 aliphatic heterocycles. The molecule has 0 fully saturated rings. The van der Waals surface area contributed by atoms with Crippen molar-refractivity contribution in [2.75, 3.05) is 0 Å². The van der Waals surface area contributed by atoms with E-state index in [9.17, 15) is 4.79 Å². The van der Waals surface area contributed by atoms with Crippen molar-refractivity contribution >= 4 is 5.97 Å². The molecule has 1 unspecified atom stereocenters. The van der Waals surface area contributed by atoms with Crippen LogP contribution in [0, 0.1) is 0 Å². The Hall–Kier alpha value is -1.32. The molecule has 1 aromatic heterocycles. The normalized spacial score (nSPS) is 21.1. The third-order valence-electron chi connectivity index (χ3n) is 2.44. The molecule has 4 nitrogen and oxygen atoms in total. The van der Waals surface area contributed by atoms with Gasteiger partial charge >= 0.3 is 5.97 Å². The van der Waals surface area contributed by atoms with E-state index in [0.29, 0.717) is 0 Å². The van der Waals surface area contributed by atoms with Gasteiger partial charge in [0.2, 0.25) is 0 Å². The molecular formula is C9H11NO3. The Balaban J connectivity index is 2.20. The van der Waals surface area contributed by atoms with Gasteiger partial charge in [-0.2, -0.15) is 0 Å². The van der Waals surface area contributed by atoms with Gasteiger partial charge in [0.1, 0.15) is 5.76 Å². The van der Waals surface area contributed by atoms with Crippen molar-refractivity contribution in [1.29, 1.82) is 0 Å². The predicted octanol–water partition coefficient (Wildman–Crippen LogP) is 1.57. The van der Waals surface area contributed by atoms with E-state index < -0.39 is 5.97 Å². The van der Waals surface area contributed by atoms with Crippen LogP contribution in [-0.2, 0) is 11.2 Å². The molecule has 0 saturated carbocycles. The van der Waals surface area contributed by atoms with Crippen molar-refractivity contribution in [2.45, 2.75) is 31.6 Å². The number of hydrogen-bond acceptors (Lipinski definition) is 3. The number of aromatic nitrogens is 1. The van der Waals surface area contributed by atoms with Gasteiger partial charge < -0.3 is 9.52 Å². The highest BCUT2D eigenvalue weighted by molar-refractivity contribution is 5.68. The first-order valence-corrected chi connectivity index (χ1v) is 4.41. The highest BCUT2D eigenvalue weighted by Gasteiger charge is 2.25. The largest absolute Gasteiger partial charge is 0.481 e. The molecule has 70 valence electrons. The van der Waals surface area contributed by atoms with Crippen LogP contribution in [0.3, 0.4) is 0 Å². The number of carboxylic acid groups (broad SMARTS) is 1. The number of aliphatic carboxylic acids is 1. The van der Waals surface area contributed by atoms with Crippen molar-refractivity contribution in [3.8, 4) is 0 Å². The van der Waals surface area contributed by atoms with Crippen LogP contribution in [0.4, 0.5) is 0 Å².